The molecule has 6 nitrogen and oxygen atoms in total. The average Bonchev–Trinajstić information content (AvgIpc) is 3.08. The normalized spacial score (nSPS) is 17.1. The molecule has 1 amide bonds. The van der Waals surface area contributed by atoms with Crippen molar-refractivity contribution in [2.75, 3.05) is 24.5 Å². The lowest BCUT2D eigenvalue weighted by Crippen LogP contribution is -2.55. The zero-order chi connectivity index (χ0) is 23.0. The Hall–Kier alpha value is -2.80. The van der Waals surface area contributed by atoms with E-state index in [0.717, 1.165) is 17.0 Å². The Morgan fingerprint density at radius 2 is 1.94 bits per heavy atom. The van der Waals surface area contributed by atoms with Gasteiger partial charge < -0.3 is 19.1 Å². The number of carbonyl (C=O) groups is 1. The molecule has 0 aliphatic carbocycles. The summed E-state index contributed by atoms with van der Waals surface area (Å²) in [6.07, 6.45) is -0.309. The van der Waals surface area contributed by atoms with E-state index in [2.05, 4.69) is 4.90 Å². The third kappa shape index (κ3) is 4.53. The number of nitrogens with zero attached hydrogens (tertiary/aromatic N) is 4. The minimum atomic E-state index is -0.541. The summed E-state index contributed by atoms with van der Waals surface area (Å²) in [7, 11) is 0. The van der Waals surface area contributed by atoms with Crippen LogP contribution in [0.3, 0.4) is 0 Å². The molecule has 0 saturated carbocycles. The SMILES string of the molecule is CC1CN(c2nc3ccccc3n2Cc2c(F)cccc2Cl)CCN1C(=O)OC(C)(C)C. The van der Waals surface area contributed by atoms with Crippen molar-refractivity contribution in [3.8, 4) is 0 Å². The molecule has 2 heterocycles. The largest absolute Gasteiger partial charge is 0.444 e. The van der Waals surface area contributed by atoms with E-state index in [9.17, 15) is 9.18 Å². The maximum Gasteiger partial charge on any atom is 0.410 e. The first-order chi connectivity index (χ1) is 15.1. The van der Waals surface area contributed by atoms with Crippen LogP contribution < -0.4 is 4.90 Å². The van der Waals surface area contributed by atoms with Crippen LogP contribution >= 0.6 is 11.6 Å². The summed E-state index contributed by atoms with van der Waals surface area (Å²) in [6, 6.07) is 12.4. The molecule has 1 fully saturated rings. The number of aromatic nitrogens is 2. The van der Waals surface area contributed by atoms with E-state index in [1.807, 2.05) is 56.5 Å². The molecule has 1 aromatic heterocycles. The van der Waals surface area contributed by atoms with Crippen LogP contribution in [0.1, 0.15) is 33.3 Å². The first kappa shape index (κ1) is 22.4. The van der Waals surface area contributed by atoms with Gasteiger partial charge in [-0.15, -0.1) is 0 Å². The van der Waals surface area contributed by atoms with Crippen molar-refractivity contribution in [3.63, 3.8) is 0 Å². The van der Waals surface area contributed by atoms with Gasteiger partial charge in [-0.05, 0) is 52.0 Å². The minimum absolute atomic E-state index is 0.0658. The molecule has 170 valence electrons. The molecule has 0 radical (unpaired) electrons. The van der Waals surface area contributed by atoms with Crippen molar-refractivity contribution < 1.29 is 13.9 Å². The molecule has 1 saturated heterocycles. The molecule has 1 aliphatic heterocycles. The monoisotopic (exact) mass is 458 g/mol. The van der Waals surface area contributed by atoms with Crippen LogP contribution in [0.2, 0.25) is 5.02 Å². The van der Waals surface area contributed by atoms with Gasteiger partial charge in [0.1, 0.15) is 11.4 Å². The number of anilines is 1. The number of imidazole rings is 1. The highest BCUT2D eigenvalue weighted by atomic mass is 35.5. The van der Waals surface area contributed by atoms with Gasteiger partial charge in [-0.25, -0.2) is 14.2 Å². The van der Waals surface area contributed by atoms with Crippen LogP contribution in [0, 0.1) is 5.82 Å². The standard InChI is InChI=1S/C24H28ClFN4O2/c1-16-14-28(12-13-29(16)23(31)32-24(2,3)4)22-27-20-10-5-6-11-21(20)30(22)15-17-18(25)8-7-9-19(17)26/h5-11,16H,12-15H2,1-4H3. The molecule has 1 unspecified atom stereocenters. The van der Waals surface area contributed by atoms with Crippen LogP contribution in [0.15, 0.2) is 42.5 Å². The van der Waals surface area contributed by atoms with Gasteiger partial charge in [-0.2, -0.15) is 0 Å². The van der Waals surface area contributed by atoms with Crippen molar-refractivity contribution in [1.29, 1.82) is 0 Å². The molecular formula is C24H28ClFN4O2. The van der Waals surface area contributed by atoms with Crippen LogP contribution in [0.5, 0.6) is 0 Å². The van der Waals surface area contributed by atoms with Crippen LogP contribution in [-0.4, -0.2) is 51.8 Å². The molecule has 0 N–H and O–H groups in total. The van der Waals surface area contributed by atoms with E-state index in [0.29, 0.717) is 30.2 Å². The van der Waals surface area contributed by atoms with E-state index in [-0.39, 0.29) is 24.5 Å². The fourth-order valence-corrected chi connectivity index (χ4v) is 4.26. The number of hydrogen-bond donors (Lipinski definition) is 0. The maximum absolute atomic E-state index is 14.6. The predicted octanol–water partition coefficient (Wildman–Crippen LogP) is 5.32. The van der Waals surface area contributed by atoms with Gasteiger partial charge in [0.2, 0.25) is 5.95 Å². The number of amides is 1. The first-order valence-electron chi connectivity index (χ1n) is 10.8. The van der Waals surface area contributed by atoms with Gasteiger partial charge in [0.25, 0.3) is 0 Å². The lowest BCUT2D eigenvalue weighted by molar-refractivity contribution is 0.0158. The van der Waals surface area contributed by atoms with Crippen molar-refractivity contribution in [2.45, 2.75) is 45.9 Å². The Morgan fingerprint density at radius 1 is 1.19 bits per heavy atom. The summed E-state index contributed by atoms with van der Waals surface area (Å²) < 4.78 is 22.1. The van der Waals surface area contributed by atoms with Crippen molar-refractivity contribution in [3.05, 3.63) is 58.9 Å². The molecule has 4 rings (SSSR count). The lowest BCUT2D eigenvalue weighted by atomic mass is 10.2. The summed E-state index contributed by atoms with van der Waals surface area (Å²) in [5.41, 5.74) is 1.63. The summed E-state index contributed by atoms with van der Waals surface area (Å²) in [5, 5.41) is 0.386. The average molecular weight is 459 g/mol. The molecule has 1 atom stereocenters. The number of hydrogen-bond acceptors (Lipinski definition) is 4. The molecule has 0 bridgehead atoms. The number of halogens is 2. The van der Waals surface area contributed by atoms with Gasteiger partial charge in [0, 0.05) is 36.3 Å². The molecule has 0 spiro atoms. The number of piperazine rings is 1. The maximum atomic E-state index is 14.6. The fourth-order valence-electron chi connectivity index (χ4n) is 4.03. The quantitative estimate of drug-likeness (QED) is 0.532. The third-order valence-electron chi connectivity index (χ3n) is 5.55. The second kappa shape index (κ2) is 8.62. The van der Waals surface area contributed by atoms with E-state index in [4.69, 9.17) is 21.3 Å². The van der Waals surface area contributed by atoms with Gasteiger partial charge >= 0.3 is 6.09 Å². The minimum Gasteiger partial charge on any atom is -0.444 e. The van der Waals surface area contributed by atoms with Crippen molar-refractivity contribution >= 4 is 34.7 Å². The molecule has 2 aromatic carbocycles. The Morgan fingerprint density at radius 3 is 2.62 bits per heavy atom. The zero-order valence-corrected chi connectivity index (χ0v) is 19.6. The Balaban J connectivity index is 1.64. The summed E-state index contributed by atoms with van der Waals surface area (Å²) >= 11 is 6.32. The number of carbonyl (C=O) groups excluding carboxylic acids is 1. The number of benzene rings is 2. The highest BCUT2D eigenvalue weighted by Gasteiger charge is 2.32. The Bertz CT molecular complexity index is 1120. The summed E-state index contributed by atoms with van der Waals surface area (Å²) in [5.74, 6) is 0.394. The number of ether oxygens (including phenoxy) is 1. The zero-order valence-electron chi connectivity index (χ0n) is 18.8. The molecule has 32 heavy (non-hydrogen) atoms. The summed E-state index contributed by atoms with van der Waals surface area (Å²) in [6.45, 7) is 9.55. The highest BCUT2D eigenvalue weighted by molar-refractivity contribution is 6.31. The molecular weight excluding hydrogens is 431 g/mol. The smallest absolute Gasteiger partial charge is 0.410 e. The topological polar surface area (TPSA) is 50.6 Å². The molecule has 8 heteroatoms. The van der Waals surface area contributed by atoms with Crippen LogP contribution in [0.25, 0.3) is 11.0 Å². The van der Waals surface area contributed by atoms with Crippen LogP contribution in [0.4, 0.5) is 15.1 Å². The summed E-state index contributed by atoms with van der Waals surface area (Å²) in [4.78, 5) is 21.3. The van der Waals surface area contributed by atoms with E-state index in [1.54, 1.807) is 17.0 Å². The van der Waals surface area contributed by atoms with Gasteiger partial charge in [-0.1, -0.05) is 29.8 Å². The Labute approximate surface area is 192 Å². The third-order valence-corrected chi connectivity index (χ3v) is 5.90. The highest BCUT2D eigenvalue weighted by Crippen LogP contribution is 2.29. The van der Waals surface area contributed by atoms with Gasteiger partial charge in [-0.3, -0.25) is 0 Å². The predicted molar refractivity (Wildman–Crippen MR) is 125 cm³/mol. The van der Waals surface area contributed by atoms with Gasteiger partial charge in [0.15, 0.2) is 0 Å². The van der Waals surface area contributed by atoms with Crippen LogP contribution in [-0.2, 0) is 11.3 Å². The number of rotatable bonds is 3. The number of para-hydroxylation sites is 2. The fraction of sp³-hybridized carbons (Fsp3) is 0.417. The molecule has 1 aliphatic rings. The van der Waals surface area contributed by atoms with Gasteiger partial charge in [0.05, 0.1) is 17.6 Å². The number of fused-ring (bicyclic) bond motifs is 1. The van der Waals surface area contributed by atoms with Crippen molar-refractivity contribution in [2.24, 2.45) is 0 Å². The lowest BCUT2D eigenvalue weighted by Gasteiger charge is -2.40. The van der Waals surface area contributed by atoms with Crippen molar-refractivity contribution in [1.82, 2.24) is 14.5 Å². The first-order valence-corrected chi connectivity index (χ1v) is 11.1. The Kier molecular flexibility index (Phi) is 6.03. The van der Waals surface area contributed by atoms with E-state index in [1.165, 1.54) is 6.07 Å². The van der Waals surface area contributed by atoms with E-state index >= 15 is 0 Å². The van der Waals surface area contributed by atoms with E-state index < -0.39 is 5.60 Å². The second-order valence-electron chi connectivity index (χ2n) is 9.16. The molecule has 3 aromatic rings. The second-order valence-corrected chi connectivity index (χ2v) is 9.56.